The second-order valence-corrected chi connectivity index (χ2v) is 5.29. The van der Waals surface area contributed by atoms with Crippen LogP contribution in [-0.4, -0.2) is 26.9 Å². The lowest BCUT2D eigenvalue weighted by molar-refractivity contribution is 0.266. The highest BCUT2D eigenvalue weighted by Gasteiger charge is 2.17. The molecule has 2 heterocycles. The Bertz CT molecular complexity index is 698. The predicted octanol–water partition coefficient (Wildman–Crippen LogP) is 1.95. The van der Waals surface area contributed by atoms with Crippen LogP contribution in [0.5, 0.6) is 5.75 Å². The molecule has 0 amide bonds. The van der Waals surface area contributed by atoms with Gasteiger partial charge in [-0.3, -0.25) is 9.48 Å². The number of nitrogens with one attached hydrogen (secondary N) is 1. The summed E-state index contributed by atoms with van der Waals surface area (Å²) in [5.74, 6) is 1.48. The number of methoxy groups -OCH3 is 1. The maximum Gasteiger partial charge on any atom is 0.293 e. The maximum atomic E-state index is 11.6. The number of ether oxygens (including phenoxy) is 1. The summed E-state index contributed by atoms with van der Waals surface area (Å²) >= 11 is 0. The van der Waals surface area contributed by atoms with E-state index in [2.05, 4.69) is 15.1 Å². The van der Waals surface area contributed by atoms with Crippen molar-refractivity contribution in [2.24, 2.45) is 5.92 Å². The molecule has 1 saturated carbocycles. The summed E-state index contributed by atoms with van der Waals surface area (Å²) in [5, 5.41) is 4.35. The van der Waals surface area contributed by atoms with Crippen LogP contribution in [0.1, 0.15) is 30.7 Å². The third kappa shape index (κ3) is 3.21. The lowest BCUT2D eigenvalue weighted by Gasteiger charge is -2.24. The number of aromatic amines is 1. The Morgan fingerprint density at radius 1 is 1.43 bits per heavy atom. The maximum absolute atomic E-state index is 11.6. The Labute approximate surface area is 122 Å². The quantitative estimate of drug-likeness (QED) is 0.911. The molecule has 110 valence electrons. The van der Waals surface area contributed by atoms with Crippen LogP contribution in [0.2, 0.25) is 0 Å². The molecule has 2 aromatic rings. The van der Waals surface area contributed by atoms with Crippen molar-refractivity contribution in [3.05, 3.63) is 40.3 Å². The predicted molar refractivity (Wildman–Crippen MR) is 79.9 cm³/mol. The number of nitrogens with zero attached hydrogens (tertiary/aromatic N) is 3. The van der Waals surface area contributed by atoms with E-state index < -0.39 is 0 Å². The Hall–Kier alpha value is -2.37. The first-order valence-electron chi connectivity index (χ1n) is 7.08. The van der Waals surface area contributed by atoms with Gasteiger partial charge in [-0.1, -0.05) is 6.42 Å². The van der Waals surface area contributed by atoms with Crippen molar-refractivity contribution >= 4 is 12.2 Å². The summed E-state index contributed by atoms with van der Waals surface area (Å²) in [5.41, 5.74) is 0.709. The van der Waals surface area contributed by atoms with Crippen LogP contribution in [-0.2, 0) is 6.54 Å². The molecule has 0 aliphatic heterocycles. The van der Waals surface area contributed by atoms with Crippen LogP contribution < -0.4 is 10.3 Å². The van der Waals surface area contributed by atoms with E-state index in [0.717, 1.165) is 18.0 Å². The number of H-pyrrole nitrogens is 1. The second kappa shape index (κ2) is 5.95. The van der Waals surface area contributed by atoms with Gasteiger partial charge in [-0.15, -0.1) is 0 Å². The van der Waals surface area contributed by atoms with E-state index in [-0.39, 0.29) is 11.3 Å². The van der Waals surface area contributed by atoms with E-state index in [4.69, 9.17) is 4.74 Å². The monoisotopic (exact) mass is 286 g/mol. The topological polar surface area (TPSA) is 72.8 Å². The van der Waals surface area contributed by atoms with E-state index in [9.17, 15) is 4.79 Å². The van der Waals surface area contributed by atoms with Crippen LogP contribution in [0.25, 0.3) is 12.2 Å². The third-order valence-electron chi connectivity index (χ3n) is 3.76. The van der Waals surface area contributed by atoms with Gasteiger partial charge >= 0.3 is 0 Å². The molecule has 1 N–H and O–H groups in total. The molecule has 0 unspecified atom stereocenters. The SMILES string of the molecule is COc1cnc(/C=C/c2cnn(CC3CCC3)c2)[nH]c1=O. The second-order valence-electron chi connectivity index (χ2n) is 5.29. The molecule has 6 heteroatoms. The molecule has 0 spiro atoms. The summed E-state index contributed by atoms with van der Waals surface area (Å²) in [6.45, 7) is 0.992. The van der Waals surface area contributed by atoms with Crippen molar-refractivity contribution in [1.29, 1.82) is 0 Å². The zero-order valence-electron chi connectivity index (χ0n) is 12.0. The van der Waals surface area contributed by atoms with Gasteiger partial charge in [-0.25, -0.2) is 4.98 Å². The van der Waals surface area contributed by atoms with Crippen LogP contribution in [0, 0.1) is 5.92 Å². The number of hydrogen-bond donors (Lipinski definition) is 1. The van der Waals surface area contributed by atoms with Gasteiger partial charge in [-0.2, -0.15) is 5.10 Å². The van der Waals surface area contributed by atoms with Gasteiger partial charge in [0.1, 0.15) is 5.82 Å². The summed E-state index contributed by atoms with van der Waals surface area (Å²) in [4.78, 5) is 18.3. The largest absolute Gasteiger partial charge is 0.490 e. The first-order chi connectivity index (χ1) is 10.2. The Kier molecular flexibility index (Phi) is 3.85. The fourth-order valence-corrected chi connectivity index (χ4v) is 2.31. The Morgan fingerprint density at radius 3 is 2.95 bits per heavy atom. The molecule has 1 fully saturated rings. The summed E-state index contributed by atoms with van der Waals surface area (Å²) < 4.78 is 6.86. The average molecular weight is 286 g/mol. The minimum absolute atomic E-state index is 0.209. The van der Waals surface area contributed by atoms with Crippen LogP contribution >= 0.6 is 0 Å². The fraction of sp³-hybridized carbons (Fsp3) is 0.400. The molecule has 1 aliphatic rings. The van der Waals surface area contributed by atoms with Crippen LogP contribution in [0.4, 0.5) is 0 Å². The lowest BCUT2D eigenvalue weighted by atomic mass is 9.85. The molecule has 0 aromatic carbocycles. The molecule has 6 nitrogen and oxygen atoms in total. The minimum Gasteiger partial charge on any atom is -0.490 e. The molecule has 1 aliphatic carbocycles. The van der Waals surface area contributed by atoms with Gasteiger partial charge < -0.3 is 9.72 Å². The van der Waals surface area contributed by atoms with Gasteiger partial charge in [0.25, 0.3) is 5.56 Å². The van der Waals surface area contributed by atoms with E-state index >= 15 is 0 Å². The number of aromatic nitrogens is 4. The van der Waals surface area contributed by atoms with Gasteiger partial charge in [0.2, 0.25) is 5.75 Å². The van der Waals surface area contributed by atoms with Crippen molar-refractivity contribution in [3.8, 4) is 5.75 Å². The molecule has 21 heavy (non-hydrogen) atoms. The molecule has 0 bridgehead atoms. The van der Waals surface area contributed by atoms with Crippen molar-refractivity contribution in [1.82, 2.24) is 19.7 Å². The van der Waals surface area contributed by atoms with E-state index in [1.54, 1.807) is 6.08 Å². The molecular formula is C15H18N4O2. The van der Waals surface area contributed by atoms with Crippen LogP contribution in [0.15, 0.2) is 23.4 Å². The Morgan fingerprint density at radius 2 is 2.29 bits per heavy atom. The summed E-state index contributed by atoms with van der Waals surface area (Å²) in [6.07, 6.45) is 12.8. The average Bonchev–Trinajstić information content (AvgIpc) is 2.89. The molecule has 3 rings (SSSR count). The first kappa shape index (κ1) is 13.6. The molecular weight excluding hydrogens is 268 g/mol. The standard InChI is InChI=1S/C15H18N4O2/c1-21-13-8-16-14(18-15(13)20)6-5-12-7-17-19(10-12)9-11-3-2-4-11/h5-8,10-11H,2-4,9H2,1H3,(H,16,18,20)/b6-5+. The highest BCUT2D eigenvalue weighted by molar-refractivity contribution is 5.65. The van der Waals surface area contributed by atoms with Crippen molar-refractivity contribution in [2.75, 3.05) is 7.11 Å². The minimum atomic E-state index is -0.284. The Balaban J connectivity index is 1.67. The van der Waals surface area contributed by atoms with Crippen molar-refractivity contribution in [3.63, 3.8) is 0 Å². The van der Waals surface area contributed by atoms with Gasteiger partial charge in [0.05, 0.1) is 19.5 Å². The molecule has 2 aromatic heterocycles. The zero-order valence-corrected chi connectivity index (χ0v) is 12.0. The lowest BCUT2D eigenvalue weighted by Crippen LogP contribution is -2.18. The fourth-order valence-electron chi connectivity index (χ4n) is 2.31. The van der Waals surface area contributed by atoms with Gasteiger partial charge in [0, 0.05) is 18.3 Å². The highest BCUT2D eigenvalue weighted by atomic mass is 16.5. The summed E-state index contributed by atoms with van der Waals surface area (Å²) in [6, 6.07) is 0. The number of hydrogen-bond acceptors (Lipinski definition) is 4. The van der Waals surface area contributed by atoms with Gasteiger partial charge in [0.15, 0.2) is 0 Å². The smallest absolute Gasteiger partial charge is 0.293 e. The molecule has 0 saturated heterocycles. The zero-order chi connectivity index (χ0) is 14.7. The van der Waals surface area contributed by atoms with E-state index in [1.165, 1.54) is 32.6 Å². The first-order valence-corrected chi connectivity index (χ1v) is 7.08. The van der Waals surface area contributed by atoms with E-state index in [1.807, 2.05) is 23.2 Å². The summed E-state index contributed by atoms with van der Waals surface area (Å²) in [7, 11) is 1.44. The normalized spacial score (nSPS) is 15.3. The number of rotatable bonds is 5. The van der Waals surface area contributed by atoms with Crippen molar-refractivity contribution < 1.29 is 4.74 Å². The molecule has 0 atom stereocenters. The highest BCUT2D eigenvalue weighted by Crippen LogP contribution is 2.27. The van der Waals surface area contributed by atoms with Crippen LogP contribution in [0.3, 0.4) is 0 Å². The van der Waals surface area contributed by atoms with Crippen molar-refractivity contribution in [2.45, 2.75) is 25.8 Å². The van der Waals surface area contributed by atoms with E-state index in [0.29, 0.717) is 5.82 Å². The van der Waals surface area contributed by atoms with Gasteiger partial charge in [-0.05, 0) is 30.9 Å². The molecule has 0 radical (unpaired) electrons. The third-order valence-corrected chi connectivity index (χ3v) is 3.76.